The van der Waals surface area contributed by atoms with Gasteiger partial charge < -0.3 is 4.89 Å². The highest BCUT2D eigenvalue weighted by Gasteiger charge is 1.94. The van der Waals surface area contributed by atoms with E-state index in [1.54, 1.807) is 0 Å². The number of nitrogens with one attached hydrogen (secondary N) is 1. The Morgan fingerprint density at radius 3 is 2.17 bits per heavy atom. The Hall–Kier alpha value is 0.530. The largest absolute Gasteiger partial charge is 0.343 e. The Balaban J connectivity index is 3.48. The van der Waals surface area contributed by atoms with E-state index in [2.05, 4.69) is 16.9 Å². The molecule has 0 aromatic heterocycles. The van der Waals surface area contributed by atoms with E-state index in [9.17, 15) is 0 Å². The second-order valence-corrected chi connectivity index (χ2v) is 4.21. The van der Waals surface area contributed by atoms with Gasteiger partial charge in [0.15, 0.2) is 6.57 Å². The van der Waals surface area contributed by atoms with E-state index in [1.165, 1.54) is 7.05 Å². The van der Waals surface area contributed by atoms with Gasteiger partial charge in [0.05, 0.1) is 0 Å². The highest BCUT2D eigenvalue weighted by Crippen LogP contribution is 2.20. The molecule has 5 heteroatoms. The monoisotopic (exact) mass is 126 g/mol. The molecule has 0 rings (SSSR count). The van der Waals surface area contributed by atoms with Crippen molar-refractivity contribution < 1.29 is 4.89 Å². The zero-order chi connectivity index (χ0) is 5.21. The Labute approximate surface area is 41.7 Å². The lowest BCUT2D eigenvalue weighted by atomic mass is 11.6. The van der Waals surface area contributed by atoms with E-state index in [0.29, 0.717) is 0 Å². The molecule has 1 unspecified atom stereocenters. The molecule has 4 N–H and O–H groups in total. The molecule has 0 heterocycles. The summed E-state index contributed by atoms with van der Waals surface area (Å²) in [6.45, 7) is -2.56. The zero-order valence-electron chi connectivity index (χ0n) is 3.38. The maximum atomic E-state index is 8.42. The average Bonchev–Trinajstić information content (AvgIpc) is 1.35. The molecule has 0 aliphatic heterocycles. The molecule has 0 aromatic carbocycles. The van der Waals surface area contributed by atoms with Gasteiger partial charge in [-0.05, 0) is 18.9 Å². The molecule has 0 amide bonds. The van der Waals surface area contributed by atoms with Crippen molar-refractivity contribution in [1.29, 1.82) is 0 Å². The van der Waals surface area contributed by atoms with Gasteiger partial charge in [-0.1, -0.05) is 0 Å². The number of nitrogens with two attached hydrogens (primary N) is 1. The highest BCUT2D eigenvalue weighted by molar-refractivity contribution is 8.09. The van der Waals surface area contributed by atoms with Crippen LogP contribution in [-0.4, -0.2) is 11.9 Å². The number of hydrogen-bond donors (Lipinski definition) is 3. The van der Waals surface area contributed by atoms with Gasteiger partial charge in [-0.25, -0.2) is 0 Å². The second kappa shape index (κ2) is 2.00. The van der Waals surface area contributed by atoms with Crippen LogP contribution in [0.2, 0.25) is 0 Å². The SMILES string of the molecule is CNP(N)(O)=S. The summed E-state index contributed by atoms with van der Waals surface area (Å²) in [6.07, 6.45) is 0. The molecule has 3 nitrogen and oxygen atoms in total. The van der Waals surface area contributed by atoms with Crippen LogP contribution in [0.4, 0.5) is 0 Å². The second-order valence-electron chi connectivity index (χ2n) is 0.847. The van der Waals surface area contributed by atoms with E-state index in [0.717, 1.165) is 0 Å². The first kappa shape index (κ1) is 6.53. The van der Waals surface area contributed by atoms with Crippen LogP contribution in [0.3, 0.4) is 0 Å². The van der Waals surface area contributed by atoms with Gasteiger partial charge in [0.2, 0.25) is 0 Å². The normalized spacial score (nSPS) is 19.8. The van der Waals surface area contributed by atoms with Crippen molar-refractivity contribution in [1.82, 2.24) is 5.09 Å². The van der Waals surface area contributed by atoms with Gasteiger partial charge in [-0.3, -0.25) is 10.6 Å². The van der Waals surface area contributed by atoms with E-state index in [-0.39, 0.29) is 0 Å². The zero-order valence-corrected chi connectivity index (χ0v) is 5.09. The molecule has 0 radical (unpaired) electrons. The maximum absolute atomic E-state index is 8.42. The number of rotatable bonds is 1. The third-order valence-corrected chi connectivity index (χ3v) is 1.51. The van der Waals surface area contributed by atoms with Gasteiger partial charge in [-0.2, -0.15) is 0 Å². The molecule has 0 saturated carbocycles. The first-order chi connectivity index (χ1) is 2.56. The highest BCUT2D eigenvalue weighted by atomic mass is 32.4. The number of hydrogen-bond acceptors (Lipinski definition) is 1. The predicted octanol–water partition coefficient (Wildman–Crippen LogP) is -0.619. The van der Waals surface area contributed by atoms with Crippen LogP contribution in [-0.2, 0) is 11.8 Å². The molecule has 6 heavy (non-hydrogen) atoms. The van der Waals surface area contributed by atoms with E-state index in [4.69, 9.17) is 10.4 Å². The van der Waals surface area contributed by atoms with Gasteiger partial charge in [0, 0.05) is 0 Å². The lowest BCUT2D eigenvalue weighted by Crippen LogP contribution is -2.08. The fraction of sp³-hybridized carbons (Fsp3) is 1.00. The van der Waals surface area contributed by atoms with Crippen molar-refractivity contribution in [2.45, 2.75) is 0 Å². The fourth-order valence-corrected chi connectivity index (χ4v) is 0. The summed E-state index contributed by atoms with van der Waals surface area (Å²) in [5, 5.41) is 2.36. The summed E-state index contributed by atoms with van der Waals surface area (Å²) in [5.74, 6) is 0. The van der Waals surface area contributed by atoms with Gasteiger partial charge in [-0.15, -0.1) is 0 Å². The van der Waals surface area contributed by atoms with Crippen molar-refractivity contribution in [3.05, 3.63) is 0 Å². The first-order valence-electron chi connectivity index (χ1n) is 1.36. The van der Waals surface area contributed by atoms with Crippen LogP contribution in [0.25, 0.3) is 0 Å². The van der Waals surface area contributed by atoms with Gasteiger partial charge >= 0.3 is 0 Å². The van der Waals surface area contributed by atoms with Gasteiger partial charge in [0.25, 0.3) is 0 Å². The lowest BCUT2D eigenvalue weighted by Gasteiger charge is -2.02. The summed E-state index contributed by atoms with van der Waals surface area (Å²) in [6, 6.07) is 0. The Morgan fingerprint density at radius 2 is 2.17 bits per heavy atom. The van der Waals surface area contributed by atoms with Crippen LogP contribution in [0.1, 0.15) is 0 Å². The lowest BCUT2D eigenvalue weighted by molar-refractivity contribution is 0.612. The summed E-state index contributed by atoms with van der Waals surface area (Å²) < 4.78 is 0. The van der Waals surface area contributed by atoms with Crippen LogP contribution in [0.15, 0.2) is 0 Å². The van der Waals surface area contributed by atoms with Gasteiger partial charge in [0.1, 0.15) is 0 Å². The van der Waals surface area contributed by atoms with Crippen LogP contribution in [0.5, 0.6) is 0 Å². The van der Waals surface area contributed by atoms with Crippen molar-refractivity contribution in [3.8, 4) is 0 Å². The summed E-state index contributed by atoms with van der Waals surface area (Å²) in [7, 11) is 1.53. The molecular formula is CH7N2OPS. The molecule has 0 aromatic rings. The summed E-state index contributed by atoms with van der Waals surface area (Å²) in [5.41, 5.74) is 4.91. The quantitative estimate of drug-likeness (QED) is 0.410. The molecule has 0 spiro atoms. The molecule has 38 valence electrons. The Kier molecular flexibility index (Phi) is 2.18. The Morgan fingerprint density at radius 1 is 2.00 bits per heavy atom. The van der Waals surface area contributed by atoms with Crippen LogP contribution < -0.4 is 10.6 Å². The van der Waals surface area contributed by atoms with Crippen LogP contribution >= 0.6 is 6.57 Å². The van der Waals surface area contributed by atoms with E-state index < -0.39 is 6.57 Å². The molecule has 0 aliphatic rings. The van der Waals surface area contributed by atoms with Crippen molar-refractivity contribution in [2.75, 3.05) is 7.05 Å². The molecule has 0 aliphatic carbocycles. The average molecular weight is 126 g/mol. The van der Waals surface area contributed by atoms with E-state index >= 15 is 0 Å². The summed E-state index contributed by atoms with van der Waals surface area (Å²) in [4.78, 5) is 8.42. The van der Waals surface area contributed by atoms with Crippen molar-refractivity contribution in [2.24, 2.45) is 5.50 Å². The molecule has 0 bridgehead atoms. The third-order valence-electron chi connectivity index (χ3n) is 0.320. The third kappa shape index (κ3) is 4.53. The van der Waals surface area contributed by atoms with Crippen molar-refractivity contribution >= 4 is 18.4 Å². The molecule has 1 atom stereocenters. The minimum absolute atomic E-state index is 1.53. The molecule has 0 saturated heterocycles. The molecule has 0 fully saturated rings. The fourth-order valence-electron chi connectivity index (χ4n) is 0. The standard InChI is InChI=1S/CH7N2OPS/c1-3-5(2,4)6/h1H3,(H4,2,3,4,6). The smallest absolute Gasteiger partial charge is 0.192 e. The first-order valence-corrected chi connectivity index (χ1v) is 4.19. The molecular weight excluding hydrogens is 119 g/mol. The predicted molar refractivity (Wildman–Crippen MR) is 29.8 cm³/mol. The minimum atomic E-state index is -2.56. The summed E-state index contributed by atoms with van der Waals surface area (Å²) >= 11 is 4.32. The maximum Gasteiger partial charge on any atom is 0.192 e. The van der Waals surface area contributed by atoms with E-state index in [1.807, 2.05) is 0 Å². The topological polar surface area (TPSA) is 58.3 Å². The Bertz CT molecular complexity index is 77.6. The van der Waals surface area contributed by atoms with Crippen LogP contribution in [0, 0.1) is 0 Å². The minimum Gasteiger partial charge on any atom is -0.343 e. The van der Waals surface area contributed by atoms with Crippen molar-refractivity contribution in [3.63, 3.8) is 0 Å².